The molecule has 0 heterocycles. The van der Waals surface area contributed by atoms with E-state index in [1.807, 2.05) is 6.07 Å². The molecule has 3 aliphatic rings. The third kappa shape index (κ3) is 3.87. The topological polar surface area (TPSA) is 0 Å². The summed E-state index contributed by atoms with van der Waals surface area (Å²) in [7, 11) is 0. The number of hydrogen-bond donors (Lipinski definition) is 0. The summed E-state index contributed by atoms with van der Waals surface area (Å²) in [5.74, 6) is 3.08. The van der Waals surface area contributed by atoms with Crippen LogP contribution in [0.15, 0.2) is 24.8 Å². The van der Waals surface area contributed by atoms with Gasteiger partial charge in [-0.05, 0) is 118 Å². The lowest BCUT2D eigenvalue weighted by atomic mass is 9.60. The van der Waals surface area contributed by atoms with E-state index >= 15 is 0 Å². The Morgan fingerprint density at radius 2 is 1.37 bits per heavy atom. The molecule has 2 heteroatoms. The van der Waals surface area contributed by atoms with Crippen LogP contribution < -0.4 is 0 Å². The van der Waals surface area contributed by atoms with Crippen molar-refractivity contribution < 1.29 is 8.78 Å². The molecule has 0 spiro atoms. The summed E-state index contributed by atoms with van der Waals surface area (Å²) in [5.41, 5.74) is 1.04. The van der Waals surface area contributed by atoms with Gasteiger partial charge >= 0.3 is 0 Å². The third-order valence-electron chi connectivity index (χ3n) is 8.22. The molecule has 0 saturated heterocycles. The lowest BCUT2D eigenvalue weighted by molar-refractivity contribution is 0.0743. The van der Waals surface area contributed by atoms with Crippen molar-refractivity contribution in [2.75, 3.05) is 0 Å². The highest BCUT2D eigenvalue weighted by atomic mass is 19.2. The maximum atomic E-state index is 14.5. The Labute approximate surface area is 163 Å². The van der Waals surface area contributed by atoms with E-state index in [2.05, 4.69) is 12.7 Å². The number of aryl methyl sites for hydroxylation is 1. The maximum Gasteiger partial charge on any atom is 0.162 e. The summed E-state index contributed by atoms with van der Waals surface area (Å²) in [5, 5.41) is 0. The van der Waals surface area contributed by atoms with Gasteiger partial charge in [-0.2, -0.15) is 0 Å². The molecule has 148 valence electrons. The van der Waals surface area contributed by atoms with Crippen molar-refractivity contribution in [1.82, 2.24) is 0 Å². The molecule has 3 fully saturated rings. The fourth-order valence-corrected chi connectivity index (χ4v) is 6.46. The molecule has 3 aliphatic carbocycles. The molecule has 0 N–H and O–H groups in total. The highest BCUT2D eigenvalue weighted by Crippen LogP contribution is 2.51. The van der Waals surface area contributed by atoms with Gasteiger partial charge in [-0.1, -0.05) is 18.2 Å². The molecule has 1 aromatic rings. The second-order valence-electron chi connectivity index (χ2n) is 9.61. The molecule has 27 heavy (non-hydrogen) atoms. The zero-order chi connectivity index (χ0) is 19.0. The van der Waals surface area contributed by atoms with E-state index in [1.54, 1.807) is 13.0 Å². The minimum absolute atomic E-state index is 0.209. The molecule has 0 amide bonds. The summed E-state index contributed by atoms with van der Waals surface area (Å²) in [6, 6.07) is 3.58. The zero-order valence-corrected chi connectivity index (χ0v) is 16.7. The van der Waals surface area contributed by atoms with Gasteiger partial charge < -0.3 is 0 Å². The van der Waals surface area contributed by atoms with Crippen LogP contribution >= 0.6 is 0 Å². The van der Waals surface area contributed by atoms with Crippen molar-refractivity contribution in [3.05, 3.63) is 47.5 Å². The lowest BCUT2D eigenvalue weighted by Crippen LogP contribution is -2.34. The van der Waals surface area contributed by atoms with Gasteiger partial charge in [-0.25, -0.2) is 8.78 Å². The fourth-order valence-electron chi connectivity index (χ4n) is 6.46. The van der Waals surface area contributed by atoms with Crippen molar-refractivity contribution >= 4 is 0 Å². The van der Waals surface area contributed by atoms with Crippen LogP contribution in [0, 0.1) is 48.1 Å². The highest BCUT2D eigenvalue weighted by Gasteiger charge is 2.39. The van der Waals surface area contributed by atoms with E-state index in [-0.39, 0.29) is 5.92 Å². The van der Waals surface area contributed by atoms with Gasteiger partial charge in [-0.15, -0.1) is 6.58 Å². The normalized spacial score (nSPS) is 36.9. The van der Waals surface area contributed by atoms with Gasteiger partial charge in [0.2, 0.25) is 0 Å². The Morgan fingerprint density at radius 3 is 2.07 bits per heavy atom. The van der Waals surface area contributed by atoms with Crippen molar-refractivity contribution in [2.45, 2.75) is 77.0 Å². The van der Waals surface area contributed by atoms with Crippen molar-refractivity contribution in [3.8, 4) is 0 Å². The fraction of sp³-hybridized carbons (Fsp3) is 0.680. The quantitative estimate of drug-likeness (QED) is 0.480. The standard InChI is InChI=1S/C25H34F2/c1-3-17-5-7-18(8-6-17)19-9-10-21-15-22(12-11-20(21)14-19)23-13-4-16(2)24(26)25(23)27/h3-4,13,17-22H,1,5-12,14-15H2,2H3. The highest BCUT2D eigenvalue weighted by molar-refractivity contribution is 5.28. The van der Waals surface area contributed by atoms with Crippen molar-refractivity contribution in [2.24, 2.45) is 29.6 Å². The SMILES string of the molecule is C=CC1CCC(C2CCC3CC(c4ccc(C)c(F)c4F)CCC3C2)CC1. The van der Waals surface area contributed by atoms with Gasteiger partial charge in [0.15, 0.2) is 11.6 Å². The van der Waals surface area contributed by atoms with E-state index in [0.717, 1.165) is 36.5 Å². The molecular formula is C25H34F2. The Bertz CT molecular complexity index is 671. The summed E-state index contributed by atoms with van der Waals surface area (Å²) >= 11 is 0. The van der Waals surface area contributed by atoms with Crippen LogP contribution in [0.25, 0.3) is 0 Å². The second kappa shape index (κ2) is 8.05. The maximum absolute atomic E-state index is 14.5. The van der Waals surface area contributed by atoms with Crippen LogP contribution in [0.3, 0.4) is 0 Å². The lowest BCUT2D eigenvalue weighted by Gasteiger charge is -2.45. The number of allylic oxidation sites excluding steroid dienone is 1. The van der Waals surface area contributed by atoms with Crippen LogP contribution in [0.5, 0.6) is 0 Å². The monoisotopic (exact) mass is 372 g/mol. The number of halogens is 2. The molecule has 0 radical (unpaired) electrons. The number of hydrogen-bond acceptors (Lipinski definition) is 0. The number of fused-ring (bicyclic) bond motifs is 1. The van der Waals surface area contributed by atoms with Gasteiger partial charge in [0.1, 0.15) is 0 Å². The molecule has 4 rings (SSSR count). The summed E-state index contributed by atoms with van der Waals surface area (Å²) in [4.78, 5) is 0. The Balaban J connectivity index is 1.37. The van der Waals surface area contributed by atoms with E-state index in [0.29, 0.717) is 17.0 Å². The molecule has 0 aromatic heterocycles. The van der Waals surface area contributed by atoms with Gasteiger partial charge in [-0.3, -0.25) is 0 Å². The largest absolute Gasteiger partial charge is 0.203 e. The first-order chi connectivity index (χ1) is 13.1. The first kappa shape index (κ1) is 19.2. The van der Waals surface area contributed by atoms with Crippen LogP contribution in [0.2, 0.25) is 0 Å². The zero-order valence-electron chi connectivity index (χ0n) is 16.7. The molecule has 0 aliphatic heterocycles. The average molecular weight is 373 g/mol. The third-order valence-corrected chi connectivity index (χ3v) is 8.22. The van der Waals surface area contributed by atoms with E-state index in [1.165, 1.54) is 51.4 Å². The first-order valence-electron chi connectivity index (χ1n) is 11.1. The van der Waals surface area contributed by atoms with Gasteiger partial charge in [0.25, 0.3) is 0 Å². The first-order valence-corrected chi connectivity index (χ1v) is 11.1. The van der Waals surface area contributed by atoms with Crippen LogP contribution in [-0.4, -0.2) is 0 Å². The Morgan fingerprint density at radius 1 is 0.778 bits per heavy atom. The summed E-state index contributed by atoms with van der Waals surface area (Å²) in [6.07, 6.45) is 14.9. The number of benzene rings is 1. The van der Waals surface area contributed by atoms with Crippen molar-refractivity contribution in [1.29, 1.82) is 0 Å². The molecular weight excluding hydrogens is 338 g/mol. The van der Waals surface area contributed by atoms with E-state index in [9.17, 15) is 8.78 Å². The Hall–Kier alpha value is -1.18. The summed E-state index contributed by atoms with van der Waals surface area (Å²) in [6.45, 7) is 5.62. The molecule has 0 nitrogen and oxygen atoms in total. The van der Waals surface area contributed by atoms with Crippen molar-refractivity contribution in [3.63, 3.8) is 0 Å². The predicted octanol–water partition coefficient (Wildman–Crippen LogP) is 7.57. The Kier molecular flexibility index (Phi) is 5.71. The predicted molar refractivity (Wildman–Crippen MR) is 108 cm³/mol. The van der Waals surface area contributed by atoms with E-state index < -0.39 is 11.6 Å². The number of rotatable bonds is 3. The van der Waals surface area contributed by atoms with E-state index in [4.69, 9.17) is 0 Å². The molecule has 1 aromatic carbocycles. The minimum Gasteiger partial charge on any atom is -0.203 e. The average Bonchev–Trinajstić information content (AvgIpc) is 2.71. The molecule has 0 bridgehead atoms. The molecule has 4 unspecified atom stereocenters. The van der Waals surface area contributed by atoms with Crippen LogP contribution in [0.1, 0.15) is 81.3 Å². The van der Waals surface area contributed by atoms with Crippen LogP contribution in [-0.2, 0) is 0 Å². The van der Waals surface area contributed by atoms with Crippen LogP contribution in [0.4, 0.5) is 8.78 Å². The molecule has 3 saturated carbocycles. The molecule has 4 atom stereocenters. The minimum atomic E-state index is -0.645. The van der Waals surface area contributed by atoms with Gasteiger partial charge in [0, 0.05) is 0 Å². The smallest absolute Gasteiger partial charge is 0.162 e. The van der Waals surface area contributed by atoms with Gasteiger partial charge in [0.05, 0.1) is 0 Å². The second-order valence-corrected chi connectivity index (χ2v) is 9.61. The summed E-state index contributed by atoms with van der Waals surface area (Å²) < 4.78 is 28.5.